The van der Waals surface area contributed by atoms with E-state index in [2.05, 4.69) is 25.7 Å². The molecule has 0 radical (unpaired) electrons. The Balaban J connectivity index is 1.95. The maximum absolute atomic E-state index is 6.53. The average Bonchev–Trinajstić information content (AvgIpc) is 2.35. The fourth-order valence-electron chi connectivity index (χ4n) is 4.07. The molecule has 2 nitrogen and oxygen atoms in total. The molecular weight excluding hydrogens is 220 g/mol. The first-order valence-electron chi connectivity index (χ1n) is 8.04. The van der Waals surface area contributed by atoms with Gasteiger partial charge < -0.3 is 10.6 Å². The molecule has 0 aromatic carbocycles. The highest BCUT2D eigenvalue weighted by atomic mass is 15.2. The third-order valence-electron chi connectivity index (χ3n) is 5.50. The molecule has 2 heteroatoms. The highest BCUT2D eigenvalue weighted by Crippen LogP contribution is 2.38. The van der Waals surface area contributed by atoms with Crippen LogP contribution in [0.15, 0.2) is 0 Å². The first-order chi connectivity index (χ1) is 8.54. The summed E-state index contributed by atoms with van der Waals surface area (Å²) < 4.78 is 0. The van der Waals surface area contributed by atoms with Gasteiger partial charge in [0.1, 0.15) is 0 Å². The normalized spacial score (nSPS) is 37.7. The Labute approximate surface area is 113 Å². The lowest BCUT2D eigenvalue weighted by Crippen LogP contribution is -2.52. The summed E-state index contributed by atoms with van der Waals surface area (Å²) in [6.07, 6.45) is 9.56. The van der Waals surface area contributed by atoms with Crippen molar-refractivity contribution in [3.05, 3.63) is 0 Å². The van der Waals surface area contributed by atoms with Crippen LogP contribution in [0.25, 0.3) is 0 Å². The molecule has 2 aliphatic rings. The molecular formula is C16H32N2. The SMILES string of the molecule is CCC1CCCCN1CC1CCCC(C)(C)C1N. The van der Waals surface area contributed by atoms with Gasteiger partial charge >= 0.3 is 0 Å². The molecule has 1 aliphatic carbocycles. The summed E-state index contributed by atoms with van der Waals surface area (Å²) >= 11 is 0. The molecule has 2 N–H and O–H groups in total. The molecule has 0 spiro atoms. The highest BCUT2D eigenvalue weighted by molar-refractivity contribution is 4.93. The maximum atomic E-state index is 6.53. The number of nitrogens with zero attached hydrogens (tertiary/aromatic N) is 1. The van der Waals surface area contributed by atoms with E-state index in [1.807, 2.05) is 0 Å². The van der Waals surface area contributed by atoms with E-state index >= 15 is 0 Å². The highest BCUT2D eigenvalue weighted by Gasteiger charge is 2.37. The lowest BCUT2D eigenvalue weighted by Gasteiger charge is -2.45. The van der Waals surface area contributed by atoms with Gasteiger partial charge in [0.25, 0.3) is 0 Å². The number of hydrogen-bond donors (Lipinski definition) is 1. The van der Waals surface area contributed by atoms with Crippen LogP contribution >= 0.6 is 0 Å². The fourth-order valence-corrected chi connectivity index (χ4v) is 4.07. The van der Waals surface area contributed by atoms with Crippen LogP contribution in [-0.4, -0.2) is 30.1 Å². The lowest BCUT2D eigenvalue weighted by atomic mass is 9.68. The summed E-state index contributed by atoms with van der Waals surface area (Å²) in [5.74, 6) is 0.723. The van der Waals surface area contributed by atoms with Crippen LogP contribution in [0.5, 0.6) is 0 Å². The Morgan fingerprint density at radius 2 is 1.94 bits per heavy atom. The van der Waals surface area contributed by atoms with Gasteiger partial charge in [-0.25, -0.2) is 0 Å². The van der Waals surface area contributed by atoms with Crippen LogP contribution in [0.1, 0.15) is 65.7 Å². The zero-order valence-electron chi connectivity index (χ0n) is 12.6. The van der Waals surface area contributed by atoms with E-state index in [1.165, 1.54) is 58.0 Å². The van der Waals surface area contributed by atoms with Gasteiger partial charge in [-0.2, -0.15) is 0 Å². The van der Waals surface area contributed by atoms with Gasteiger partial charge in [0.15, 0.2) is 0 Å². The summed E-state index contributed by atoms with van der Waals surface area (Å²) in [6.45, 7) is 9.62. The molecule has 18 heavy (non-hydrogen) atoms. The van der Waals surface area contributed by atoms with Crippen molar-refractivity contribution in [2.24, 2.45) is 17.1 Å². The van der Waals surface area contributed by atoms with E-state index in [0.29, 0.717) is 11.5 Å². The maximum Gasteiger partial charge on any atom is 0.0131 e. The van der Waals surface area contributed by atoms with Crippen molar-refractivity contribution < 1.29 is 0 Å². The Morgan fingerprint density at radius 1 is 1.17 bits per heavy atom. The summed E-state index contributed by atoms with van der Waals surface area (Å²) in [7, 11) is 0. The minimum atomic E-state index is 0.348. The molecule has 1 saturated heterocycles. The molecule has 2 rings (SSSR count). The van der Waals surface area contributed by atoms with Crippen LogP contribution in [0.4, 0.5) is 0 Å². The second kappa shape index (κ2) is 5.92. The number of piperidine rings is 1. The van der Waals surface area contributed by atoms with E-state index in [0.717, 1.165) is 12.0 Å². The Kier molecular flexibility index (Phi) is 4.71. The number of nitrogens with two attached hydrogens (primary N) is 1. The molecule has 1 saturated carbocycles. The van der Waals surface area contributed by atoms with Crippen LogP contribution in [0.2, 0.25) is 0 Å². The summed E-state index contributed by atoms with van der Waals surface area (Å²) in [4.78, 5) is 2.75. The van der Waals surface area contributed by atoms with Crippen LogP contribution in [-0.2, 0) is 0 Å². The van der Waals surface area contributed by atoms with E-state index in [-0.39, 0.29) is 0 Å². The van der Waals surface area contributed by atoms with Gasteiger partial charge in [-0.05, 0) is 50.0 Å². The molecule has 0 bridgehead atoms. The van der Waals surface area contributed by atoms with Gasteiger partial charge in [-0.15, -0.1) is 0 Å². The number of likely N-dealkylation sites (tertiary alicyclic amines) is 1. The molecule has 2 fully saturated rings. The van der Waals surface area contributed by atoms with Crippen LogP contribution < -0.4 is 5.73 Å². The van der Waals surface area contributed by atoms with Gasteiger partial charge in [0, 0.05) is 18.6 Å². The van der Waals surface area contributed by atoms with E-state index < -0.39 is 0 Å². The third-order valence-corrected chi connectivity index (χ3v) is 5.50. The third kappa shape index (κ3) is 3.08. The minimum absolute atomic E-state index is 0.348. The second-order valence-electron chi connectivity index (χ2n) is 7.22. The Bertz CT molecular complexity index is 262. The van der Waals surface area contributed by atoms with Gasteiger partial charge in [0.2, 0.25) is 0 Å². The predicted octanol–water partition coefficient (Wildman–Crippen LogP) is 3.40. The molecule has 0 amide bonds. The molecule has 0 aromatic rings. The molecule has 1 aliphatic heterocycles. The van der Waals surface area contributed by atoms with Gasteiger partial charge in [0.05, 0.1) is 0 Å². The van der Waals surface area contributed by atoms with Crippen molar-refractivity contribution in [3.8, 4) is 0 Å². The van der Waals surface area contributed by atoms with E-state index in [1.54, 1.807) is 0 Å². The van der Waals surface area contributed by atoms with Gasteiger partial charge in [-0.1, -0.05) is 33.6 Å². The topological polar surface area (TPSA) is 29.3 Å². The molecule has 3 atom stereocenters. The predicted molar refractivity (Wildman–Crippen MR) is 78.6 cm³/mol. The van der Waals surface area contributed by atoms with Gasteiger partial charge in [-0.3, -0.25) is 0 Å². The summed E-state index contributed by atoms with van der Waals surface area (Å²) in [5, 5.41) is 0. The Hall–Kier alpha value is -0.0800. The lowest BCUT2D eigenvalue weighted by molar-refractivity contribution is 0.0663. The zero-order valence-corrected chi connectivity index (χ0v) is 12.6. The molecule has 0 aromatic heterocycles. The van der Waals surface area contributed by atoms with Crippen molar-refractivity contribution in [2.75, 3.05) is 13.1 Å². The largest absolute Gasteiger partial charge is 0.327 e. The molecule has 3 unspecified atom stereocenters. The standard InChI is InChI=1S/C16H32N2/c1-4-14-9-5-6-11-18(14)12-13-8-7-10-16(2,3)15(13)17/h13-15H,4-12,17H2,1-3H3. The number of hydrogen-bond acceptors (Lipinski definition) is 2. The van der Waals surface area contributed by atoms with Crippen molar-refractivity contribution >= 4 is 0 Å². The van der Waals surface area contributed by atoms with Crippen molar-refractivity contribution in [1.29, 1.82) is 0 Å². The zero-order chi connectivity index (χ0) is 13.2. The van der Waals surface area contributed by atoms with Crippen molar-refractivity contribution in [3.63, 3.8) is 0 Å². The van der Waals surface area contributed by atoms with Crippen molar-refractivity contribution in [1.82, 2.24) is 4.90 Å². The smallest absolute Gasteiger partial charge is 0.0131 e. The summed E-state index contributed by atoms with van der Waals surface area (Å²) in [6, 6.07) is 1.22. The van der Waals surface area contributed by atoms with Crippen LogP contribution in [0, 0.1) is 11.3 Å². The summed E-state index contributed by atoms with van der Waals surface area (Å²) in [5.41, 5.74) is 6.88. The van der Waals surface area contributed by atoms with E-state index in [4.69, 9.17) is 5.73 Å². The first-order valence-corrected chi connectivity index (χ1v) is 8.04. The van der Waals surface area contributed by atoms with E-state index in [9.17, 15) is 0 Å². The monoisotopic (exact) mass is 252 g/mol. The first kappa shape index (κ1) is 14.3. The quantitative estimate of drug-likeness (QED) is 0.834. The van der Waals surface area contributed by atoms with Crippen molar-refractivity contribution in [2.45, 2.75) is 77.8 Å². The fraction of sp³-hybridized carbons (Fsp3) is 1.00. The van der Waals surface area contributed by atoms with Crippen LogP contribution in [0.3, 0.4) is 0 Å². The average molecular weight is 252 g/mol. The second-order valence-corrected chi connectivity index (χ2v) is 7.22. The Morgan fingerprint density at radius 3 is 2.67 bits per heavy atom. The molecule has 1 heterocycles. The minimum Gasteiger partial charge on any atom is -0.327 e. The number of rotatable bonds is 3. The molecule has 106 valence electrons.